The van der Waals surface area contributed by atoms with Gasteiger partial charge >= 0.3 is 0 Å². The van der Waals surface area contributed by atoms with Gasteiger partial charge < -0.3 is 5.32 Å². The van der Waals surface area contributed by atoms with Gasteiger partial charge in [-0.1, -0.05) is 13.0 Å². The molecule has 1 N–H and O–H groups in total. The third-order valence-electron chi connectivity index (χ3n) is 2.86. The minimum absolute atomic E-state index is 0.0747. The summed E-state index contributed by atoms with van der Waals surface area (Å²) in [5.74, 6) is -0.529. The highest BCUT2D eigenvalue weighted by Gasteiger charge is 2.20. The average Bonchev–Trinajstić information content (AvgIpc) is 2.93. The molecule has 0 amide bonds. The highest BCUT2D eigenvalue weighted by molar-refractivity contribution is 9.10. The van der Waals surface area contributed by atoms with E-state index in [1.165, 1.54) is 6.07 Å². The number of nitrogens with one attached hydrogen (secondary N) is 1. The van der Waals surface area contributed by atoms with Crippen LogP contribution in [0.2, 0.25) is 0 Å². The predicted octanol–water partition coefficient (Wildman–Crippen LogP) is 5.12. The second-order valence-corrected chi connectivity index (χ2v) is 5.99. The monoisotopic (exact) mass is 358 g/mol. The van der Waals surface area contributed by atoms with Gasteiger partial charge in [-0.2, -0.15) is 0 Å². The van der Waals surface area contributed by atoms with Gasteiger partial charge in [0.15, 0.2) is 0 Å². The lowest BCUT2D eigenvalue weighted by Gasteiger charge is -2.17. The topological polar surface area (TPSA) is 55.2 Å². The molecule has 0 aliphatic heterocycles. The van der Waals surface area contributed by atoms with Crippen LogP contribution < -0.4 is 5.32 Å². The van der Waals surface area contributed by atoms with E-state index in [1.54, 1.807) is 11.3 Å². The summed E-state index contributed by atoms with van der Waals surface area (Å²) in [7, 11) is 0. The van der Waals surface area contributed by atoms with Crippen molar-refractivity contribution in [2.45, 2.75) is 19.4 Å². The molecule has 0 saturated heterocycles. The smallest absolute Gasteiger partial charge is 0.293 e. The van der Waals surface area contributed by atoms with E-state index in [2.05, 4.69) is 21.2 Å². The Kier molecular flexibility index (Phi) is 4.72. The van der Waals surface area contributed by atoms with Gasteiger partial charge in [-0.05, 0) is 33.8 Å². The van der Waals surface area contributed by atoms with E-state index in [9.17, 15) is 14.5 Å². The lowest BCUT2D eigenvalue weighted by atomic mass is 10.1. The normalized spacial score (nSPS) is 12.2. The fourth-order valence-corrected chi connectivity index (χ4v) is 3.05. The average molecular weight is 359 g/mol. The molecule has 20 heavy (non-hydrogen) atoms. The molecular weight excluding hydrogens is 347 g/mol. The van der Waals surface area contributed by atoms with Gasteiger partial charge in [0.1, 0.15) is 11.5 Å². The van der Waals surface area contributed by atoms with Gasteiger partial charge in [-0.3, -0.25) is 10.1 Å². The Labute approximate surface area is 127 Å². The minimum atomic E-state index is -0.529. The van der Waals surface area contributed by atoms with Crippen LogP contribution >= 0.6 is 27.3 Å². The molecule has 1 atom stereocenters. The molecule has 2 aromatic rings. The summed E-state index contributed by atoms with van der Waals surface area (Å²) in [6.07, 6.45) is 0.745. The van der Waals surface area contributed by atoms with Crippen LogP contribution in [0.15, 0.2) is 34.1 Å². The van der Waals surface area contributed by atoms with Gasteiger partial charge in [0.25, 0.3) is 5.69 Å². The highest BCUT2D eigenvalue weighted by atomic mass is 79.9. The van der Waals surface area contributed by atoms with E-state index in [0.29, 0.717) is 0 Å². The van der Waals surface area contributed by atoms with Gasteiger partial charge in [-0.15, -0.1) is 11.3 Å². The van der Waals surface area contributed by atoms with Gasteiger partial charge in [0.2, 0.25) is 0 Å². The van der Waals surface area contributed by atoms with Crippen LogP contribution in [0.1, 0.15) is 24.3 Å². The SMILES string of the molecule is CCC(Nc1cc(F)c(Br)cc1[N+](=O)[O-])c1cccs1. The number of thiophene rings is 1. The van der Waals surface area contributed by atoms with Crippen LogP contribution in [-0.4, -0.2) is 4.92 Å². The Bertz CT molecular complexity index is 619. The lowest BCUT2D eigenvalue weighted by molar-refractivity contribution is -0.384. The van der Waals surface area contributed by atoms with Crippen LogP contribution in [-0.2, 0) is 0 Å². The first-order valence-electron chi connectivity index (χ1n) is 5.96. The van der Waals surface area contributed by atoms with Crippen molar-refractivity contribution in [3.63, 3.8) is 0 Å². The minimum Gasteiger partial charge on any atom is -0.372 e. The second kappa shape index (κ2) is 6.32. The fourth-order valence-electron chi connectivity index (χ4n) is 1.85. The Balaban J connectivity index is 2.37. The van der Waals surface area contributed by atoms with Gasteiger partial charge in [0.05, 0.1) is 15.4 Å². The third-order valence-corrected chi connectivity index (χ3v) is 4.45. The quantitative estimate of drug-likeness (QED) is 0.595. The first-order valence-corrected chi connectivity index (χ1v) is 7.63. The molecule has 0 bridgehead atoms. The molecule has 7 heteroatoms. The van der Waals surface area contributed by atoms with E-state index >= 15 is 0 Å². The maximum absolute atomic E-state index is 13.6. The Hall–Kier alpha value is -1.47. The van der Waals surface area contributed by atoms with Crippen LogP contribution in [0.5, 0.6) is 0 Å². The first kappa shape index (κ1) is 14.9. The zero-order chi connectivity index (χ0) is 14.7. The van der Waals surface area contributed by atoms with Gasteiger partial charge in [0, 0.05) is 17.0 Å². The Morgan fingerprint density at radius 2 is 2.30 bits per heavy atom. The van der Waals surface area contributed by atoms with Crippen molar-refractivity contribution in [2.24, 2.45) is 0 Å². The maximum Gasteiger partial charge on any atom is 0.293 e. The lowest BCUT2D eigenvalue weighted by Crippen LogP contribution is -2.10. The van der Waals surface area contributed by atoms with E-state index in [0.717, 1.165) is 17.4 Å². The zero-order valence-electron chi connectivity index (χ0n) is 10.6. The Morgan fingerprint density at radius 1 is 1.55 bits per heavy atom. The summed E-state index contributed by atoms with van der Waals surface area (Å²) >= 11 is 4.53. The zero-order valence-corrected chi connectivity index (χ0v) is 13.0. The molecule has 2 rings (SSSR count). The summed E-state index contributed by atoms with van der Waals surface area (Å²) in [6.45, 7) is 1.97. The summed E-state index contributed by atoms with van der Waals surface area (Å²) in [6, 6.07) is 6.12. The van der Waals surface area contributed by atoms with Crippen molar-refractivity contribution < 1.29 is 9.31 Å². The third kappa shape index (κ3) is 3.16. The number of anilines is 1. The molecule has 1 heterocycles. The number of nitro groups is 1. The van der Waals surface area contributed by atoms with E-state index < -0.39 is 10.7 Å². The molecule has 1 aromatic carbocycles. The number of nitrogens with zero attached hydrogens (tertiary/aromatic N) is 1. The molecule has 0 aliphatic rings. The van der Waals surface area contributed by atoms with E-state index in [4.69, 9.17) is 0 Å². The van der Waals surface area contributed by atoms with Crippen LogP contribution in [0.3, 0.4) is 0 Å². The second-order valence-electron chi connectivity index (χ2n) is 4.16. The fraction of sp³-hybridized carbons (Fsp3) is 0.231. The number of halogens is 2. The van der Waals surface area contributed by atoms with Crippen LogP contribution in [0.4, 0.5) is 15.8 Å². The summed E-state index contributed by atoms with van der Waals surface area (Å²) in [4.78, 5) is 11.6. The van der Waals surface area contributed by atoms with Crippen molar-refractivity contribution in [2.75, 3.05) is 5.32 Å². The Morgan fingerprint density at radius 3 is 2.85 bits per heavy atom. The van der Waals surface area contributed by atoms with Gasteiger partial charge in [-0.25, -0.2) is 4.39 Å². The van der Waals surface area contributed by atoms with E-state index in [1.807, 2.05) is 24.4 Å². The van der Waals surface area contributed by atoms with Crippen molar-refractivity contribution in [3.8, 4) is 0 Å². The molecule has 0 spiro atoms. The number of hydrogen-bond acceptors (Lipinski definition) is 4. The molecule has 0 fully saturated rings. The largest absolute Gasteiger partial charge is 0.372 e. The molecule has 0 radical (unpaired) electrons. The van der Waals surface area contributed by atoms with Crippen molar-refractivity contribution in [1.82, 2.24) is 0 Å². The molecule has 0 saturated carbocycles. The first-order chi connectivity index (χ1) is 9.52. The molecular formula is C13H12BrFN2O2S. The number of rotatable bonds is 5. The van der Waals surface area contributed by atoms with Crippen molar-refractivity contribution >= 4 is 38.6 Å². The molecule has 1 aromatic heterocycles. The standard InChI is InChI=1S/C13H12BrFN2O2S/c1-2-10(13-4-3-5-20-13)16-11-7-9(15)8(14)6-12(11)17(18)19/h3-7,10,16H,2H2,1H3. The molecule has 4 nitrogen and oxygen atoms in total. The summed E-state index contributed by atoms with van der Waals surface area (Å²) in [5, 5.41) is 16.1. The molecule has 0 aliphatic carbocycles. The number of nitro benzene ring substituents is 1. The summed E-state index contributed by atoms with van der Waals surface area (Å²) in [5.41, 5.74) is 0.0456. The van der Waals surface area contributed by atoms with Crippen LogP contribution in [0, 0.1) is 15.9 Å². The van der Waals surface area contributed by atoms with Crippen molar-refractivity contribution in [3.05, 3.63) is 54.9 Å². The molecule has 106 valence electrons. The molecule has 1 unspecified atom stereocenters. The van der Waals surface area contributed by atoms with Crippen LogP contribution in [0.25, 0.3) is 0 Å². The van der Waals surface area contributed by atoms with Crippen molar-refractivity contribution in [1.29, 1.82) is 0 Å². The highest BCUT2D eigenvalue weighted by Crippen LogP contribution is 2.34. The number of benzene rings is 1. The maximum atomic E-state index is 13.6. The summed E-state index contributed by atoms with van der Waals surface area (Å²) < 4.78 is 13.7. The van der Waals surface area contributed by atoms with E-state index in [-0.39, 0.29) is 21.9 Å². The number of hydrogen-bond donors (Lipinski definition) is 1. The predicted molar refractivity (Wildman–Crippen MR) is 81.7 cm³/mol.